The number of hydrogen-bond acceptors (Lipinski definition) is 5. The van der Waals surface area contributed by atoms with Gasteiger partial charge in [0.15, 0.2) is 0 Å². The lowest BCUT2D eigenvalue weighted by Gasteiger charge is -2.19. The summed E-state index contributed by atoms with van der Waals surface area (Å²) in [5.74, 6) is -0.579. The van der Waals surface area contributed by atoms with Crippen LogP contribution in [0.2, 0.25) is 0 Å². The minimum Gasteiger partial charge on any atom is -0.310 e. The molecule has 3 aromatic carbocycles. The molecule has 0 atom stereocenters. The van der Waals surface area contributed by atoms with E-state index in [4.69, 9.17) is 0 Å². The maximum Gasteiger partial charge on any atom is 0.501 e. The predicted molar refractivity (Wildman–Crippen MR) is 134 cm³/mol. The lowest BCUT2D eigenvalue weighted by Crippen LogP contribution is -2.33. The quantitative estimate of drug-likeness (QED) is 0.319. The number of halogens is 3. The van der Waals surface area contributed by atoms with Crippen molar-refractivity contribution >= 4 is 38.4 Å². The molecule has 194 valence electrons. The summed E-state index contributed by atoms with van der Waals surface area (Å²) in [6.45, 7) is -0.140. The number of amides is 3. The summed E-state index contributed by atoms with van der Waals surface area (Å²) in [6, 6.07) is 20.2. The van der Waals surface area contributed by atoms with Crippen molar-refractivity contribution in [1.82, 2.24) is 9.88 Å². The Morgan fingerprint density at radius 2 is 1.55 bits per heavy atom. The van der Waals surface area contributed by atoms with E-state index in [1.54, 1.807) is 12.3 Å². The van der Waals surface area contributed by atoms with Gasteiger partial charge in [-0.25, -0.2) is 18.1 Å². The molecule has 7 nitrogen and oxygen atoms in total. The van der Waals surface area contributed by atoms with Gasteiger partial charge in [-0.3, -0.25) is 9.78 Å². The molecule has 1 aromatic heterocycles. The molecular weight excluding hydrogens is 519 g/mol. The van der Waals surface area contributed by atoms with Crippen molar-refractivity contribution in [3.8, 4) is 0 Å². The van der Waals surface area contributed by atoms with E-state index in [0.29, 0.717) is 6.42 Å². The van der Waals surface area contributed by atoms with Gasteiger partial charge in [0.1, 0.15) is 6.54 Å². The highest BCUT2D eigenvalue weighted by molar-refractivity contribution is 7.92. The molecule has 1 aliphatic rings. The first kappa shape index (κ1) is 25.4. The minimum atomic E-state index is -5.55. The summed E-state index contributed by atoms with van der Waals surface area (Å²) in [4.78, 5) is 31.6. The third-order valence-electron chi connectivity index (χ3n) is 6.29. The van der Waals surface area contributed by atoms with Gasteiger partial charge in [-0.05, 0) is 59.5 Å². The first-order valence-corrected chi connectivity index (χ1v) is 13.0. The van der Waals surface area contributed by atoms with Crippen LogP contribution in [0.4, 0.5) is 23.7 Å². The summed E-state index contributed by atoms with van der Waals surface area (Å²) in [6.07, 6.45) is 2.27. The molecular formula is C27H20F3N3O4S. The summed E-state index contributed by atoms with van der Waals surface area (Å²) in [5.41, 5.74) is -1.84. The van der Waals surface area contributed by atoms with Gasteiger partial charge in [0, 0.05) is 18.1 Å². The molecule has 2 heterocycles. The van der Waals surface area contributed by atoms with E-state index in [2.05, 4.69) is 4.98 Å². The van der Waals surface area contributed by atoms with Gasteiger partial charge in [-0.15, -0.1) is 0 Å². The SMILES string of the molecule is O=C1CN(Cc2ccnc3cccc(Cc4ccccc4)c23)C(=O)N1c1ccc(S(=O)(=O)C(F)(F)F)cc1. The monoisotopic (exact) mass is 539 g/mol. The Bertz CT molecular complexity index is 1630. The highest BCUT2D eigenvalue weighted by Gasteiger charge is 2.47. The van der Waals surface area contributed by atoms with Crippen molar-refractivity contribution in [1.29, 1.82) is 0 Å². The Morgan fingerprint density at radius 3 is 2.24 bits per heavy atom. The number of aromatic nitrogens is 1. The summed E-state index contributed by atoms with van der Waals surface area (Å²) in [5, 5.41) is 0.874. The lowest BCUT2D eigenvalue weighted by atomic mass is 9.97. The average molecular weight is 540 g/mol. The fourth-order valence-electron chi connectivity index (χ4n) is 4.49. The molecule has 1 saturated heterocycles. The molecule has 1 aliphatic heterocycles. The standard InChI is InChI=1S/C27H20F3N3O4S/c28-27(29,30)38(36,37)22-11-9-21(10-12-22)33-24(34)17-32(26(33)35)16-20-13-14-31-23-8-4-7-19(25(20)23)15-18-5-2-1-3-6-18/h1-14H,15-17H2. The number of carbonyl (C=O) groups excluding carboxylic acids is 2. The van der Waals surface area contributed by atoms with Crippen molar-refractivity contribution in [3.05, 3.63) is 102 Å². The fraction of sp³-hybridized carbons (Fsp3) is 0.148. The predicted octanol–water partition coefficient (Wildman–Crippen LogP) is 5.09. The molecule has 4 aromatic rings. The number of imide groups is 1. The van der Waals surface area contributed by atoms with Crippen molar-refractivity contribution in [3.63, 3.8) is 0 Å². The van der Waals surface area contributed by atoms with Crippen molar-refractivity contribution in [2.24, 2.45) is 0 Å². The number of benzene rings is 3. The average Bonchev–Trinajstić information content (AvgIpc) is 3.16. The van der Waals surface area contributed by atoms with Gasteiger partial charge in [-0.2, -0.15) is 13.2 Å². The second-order valence-electron chi connectivity index (χ2n) is 8.75. The minimum absolute atomic E-state index is 0.0204. The summed E-state index contributed by atoms with van der Waals surface area (Å²) in [7, 11) is -5.55. The Morgan fingerprint density at radius 1 is 0.842 bits per heavy atom. The molecule has 0 bridgehead atoms. The number of fused-ring (bicyclic) bond motifs is 1. The van der Waals surface area contributed by atoms with Crippen LogP contribution in [0.15, 0.2) is 90.0 Å². The number of nitrogens with zero attached hydrogens (tertiary/aromatic N) is 3. The number of urea groups is 1. The zero-order valence-electron chi connectivity index (χ0n) is 19.7. The lowest BCUT2D eigenvalue weighted by molar-refractivity contribution is -0.116. The molecule has 0 radical (unpaired) electrons. The zero-order chi connectivity index (χ0) is 27.1. The van der Waals surface area contributed by atoms with Crippen LogP contribution in [-0.4, -0.2) is 42.3 Å². The van der Waals surface area contributed by atoms with Gasteiger partial charge in [-0.1, -0.05) is 42.5 Å². The molecule has 1 fully saturated rings. The number of anilines is 1. The number of rotatable bonds is 6. The Labute approximate surface area is 216 Å². The molecule has 0 unspecified atom stereocenters. The molecule has 3 amide bonds. The normalized spacial score (nSPS) is 14.5. The van der Waals surface area contributed by atoms with E-state index in [0.717, 1.165) is 56.8 Å². The van der Waals surface area contributed by atoms with Crippen LogP contribution in [0.3, 0.4) is 0 Å². The van der Waals surface area contributed by atoms with Gasteiger partial charge in [0.2, 0.25) is 0 Å². The number of alkyl halides is 3. The summed E-state index contributed by atoms with van der Waals surface area (Å²) >= 11 is 0. The summed E-state index contributed by atoms with van der Waals surface area (Å²) < 4.78 is 61.8. The van der Waals surface area contributed by atoms with Crippen LogP contribution >= 0.6 is 0 Å². The van der Waals surface area contributed by atoms with Crippen LogP contribution in [0.5, 0.6) is 0 Å². The third kappa shape index (κ3) is 4.60. The van der Waals surface area contributed by atoms with Crippen LogP contribution in [-0.2, 0) is 27.6 Å². The maximum absolute atomic E-state index is 13.2. The van der Waals surface area contributed by atoms with E-state index in [9.17, 15) is 31.2 Å². The molecule has 0 aliphatic carbocycles. The highest BCUT2D eigenvalue weighted by atomic mass is 32.2. The number of carbonyl (C=O) groups is 2. The largest absolute Gasteiger partial charge is 0.501 e. The Hall–Kier alpha value is -4.25. The van der Waals surface area contributed by atoms with Crippen LogP contribution in [0, 0.1) is 0 Å². The van der Waals surface area contributed by atoms with Crippen molar-refractivity contribution < 1.29 is 31.2 Å². The van der Waals surface area contributed by atoms with E-state index in [1.807, 2.05) is 48.5 Å². The van der Waals surface area contributed by atoms with Gasteiger partial charge in [0.05, 0.1) is 16.1 Å². The van der Waals surface area contributed by atoms with E-state index in [-0.39, 0.29) is 18.8 Å². The maximum atomic E-state index is 13.2. The molecule has 5 rings (SSSR count). The zero-order valence-corrected chi connectivity index (χ0v) is 20.5. The van der Waals surface area contributed by atoms with Gasteiger partial charge >= 0.3 is 11.5 Å². The first-order chi connectivity index (χ1) is 18.1. The second kappa shape index (κ2) is 9.56. The highest BCUT2D eigenvalue weighted by Crippen LogP contribution is 2.32. The van der Waals surface area contributed by atoms with Crippen molar-refractivity contribution in [2.75, 3.05) is 11.4 Å². The van der Waals surface area contributed by atoms with Crippen LogP contribution in [0.1, 0.15) is 16.7 Å². The number of pyridine rings is 1. The van der Waals surface area contributed by atoms with Crippen LogP contribution in [0.25, 0.3) is 10.9 Å². The van der Waals surface area contributed by atoms with Crippen LogP contribution < -0.4 is 4.90 Å². The molecule has 11 heteroatoms. The van der Waals surface area contributed by atoms with Gasteiger partial charge < -0.3 is 4.90 Å². The first-order valence-electron chi connectivity index (χ1n) is 11.5. The third-order valence-corrected chi connectivity index (χ3v) is 7.79. The molecule has 0 N–H and O–H groups in total. The fourth-order valence-corrected chi connectivity index (χ4v) is 5.25. The van der Waals surface area contributed by atoms with Gasteiger partial charge in [0.25, 0.3) is 15.7 Å². The molecule has 0 spiro atoms. The van der Waals surface area contributed by atoms with E-state index < -0.39 is 32.2 Å². The number of hydrogen-bond donors (Lipinski definition) is 0. The number of sulfone groups is 1. The van der Waals surface area contributed by atoms with E-state index >= 15 is 0 Å². The second-order valence-corrected chi connectivity index (χ2v) is 10.7. The van der Waals surface area contributed by atoms with Crippen molar-refractivity contribution in [2.45, 2.75) is 23.4 Å². The van der Waals surface area contributed by atoms with E-state index in [1.165, 1.54) is 4.90 Å². The smallest absolute Gasteiger partial charge is 0.310 e. The molecule has 38 heavy (non-hydrogen) atoms. The Balaban J connectivity index is 1.42. The Kier molecular flexibility index (Phi) is 6.39. The molecule has 0 saturated carbocycles. The topological polar surface area (TPSA) is 87.7 Å².